The molecule has 7 heteroatoms. The van der Waals surface area contributed by atoms with E-state index in [0.29, 0.717) is 16.4 Å². The van der Waals surface area contributed by atoms with Crippen LogP contribution >= 0.6 is 0 Å². The van der Waals surface area contributed by atoms with E-state index >= 15 is 0 Å². The minimum Gasteiger partial charge on any atom is -0.266 e. The van der Waals surface area contributed by atoms with E-state index < -0.39 is 32.4 Å². The highest BCUT2D eigenvalue weighted by molar-refractivity contribution is 7.92. The van der Waals surface area contributed by atoms with E-state index in [4.69, 9.17) is 0 Å². The normalized spacial score (nSPS) is 11.4. The maximum Gasteiger partial charge on any atom is 0.264 e. The summed E-state index contributed by atoms with van der Waals surface area (Å²) in [6, 6.07) is 7.44. The van der Waals surface area contributed by atoms with Crippen LogP contribution in [0.25, 0.3) is 0 Å². The average molecular weight is 301 g/mol. The van der Waals surface area contributed by atoms with Crippen molar-refractivity contribution in [2.75, 3.05) is 11.4 Å². The molecule has 2 aromatic rings. The number of sulfonamides is 1. The van der Waals surface area contributed by atoms with Crippen molar-refractivity contribution in [2.45, 2.75) is 4.90 Å². The molecule has 2 rings (SSSR count). The van der Waals surface area contributed by atoms with Gasteiger partial charge in [-0.15, -0.1) is 0 Å². The lowest BCUT2D eigenvalue weighted by Crippen LogP contribution is -2.27. The largest absolute Gasteiger partial charge is 0.266 e. The van der Waals surface area contributed by atoms with Gasteiger partial charge in [0.2, 0.25) is 0 Å². The third kappa shape index (κ3) is 2.49. The van der Waals surface area contributed by atoms with Gasteiger partial charge in [-0.25, -0.2) is 21.6 Å². The smallest absolute Gasteiger partial charge is 0.264 e. The van der Waals surface area contributed by atoms with Gasteiger partial charge >= 0.3 is 0 Å². The van der Waals surface area contributed by atoms with Crippen molar-refractivity contribution in [2.24, 2.45) is 0 Å². The lowest BCUT2D eigenvalue weighted by Gasteiger charge is -2.20. The monoisotopic (exact) mass is 301 g/mol. The molecule has 0 amide bonds. The number of halogens is 3. The van der Waals surface area contributed by atoms with Gasteiger partial charge in [0.1, 0.15) is 5.82 Å². The molecular weight excluding hydrogens is 291 g/mol. The first kappa shape index (κ1) is 14.4. The molecule has 2 aromatic carbocycles. The molecule has 0 unspecified atom stereocenters. The summed E-state index contributed by atoms with van der Waals surface area (Å²) in [5.74, 6) is -3.17. The van der Waals surface area contributed by atoms with E-state index in [9.17, 15) is 21.6 Å². The Hall–Kier alpha value is -2.02. The number of nitrogens with zero attached hydrogens (tertiary/aromatic N) is 1. The van der Waals surface area contributed by atoms with Crippen LogP contribution in [-0.2, 0) is 10.0 Å². The summed E-state index contributed by atoms with van der Waals surface area (Å²) in [5.41, 5.74) is -0.183. The molecule has 0 saturated heterocycles. The fraction of sp³-hybridized carbons (Fsp3) is 0.0769. The molecule has 106 valence electrons. The lowest BCUT2D eigenvalue weighted by atomic mass is 10.3. The fourth-order valence-electron chi connectivity index (χ4n) is 1.63. The van der Waals surface area contributed by atoms with Crippen LogP contribution in [0, 0.1) is 17.5 Å². The van der Waals surface area contributed by atoms with Gasteiger partial charge in [0, 0.05) is 7.05 Å². The molecule has 0 radical (unpaired) electrons. The Morgan fingerprint density at radius 1 is 0.900 bits per heavy atom. The molecule has 3 nitrogen and oxygen atoms in total. The first-order valence-electron chi connectivity index (χ1n) is 5.52. The maximum atomic E-state index is 13.6. The Morgan fingerprint density at radius 2 is 1.55 bits per heavy atom. The minimum atomic E-state index is -4.17. The molecule has 0 aromatic heterocycles. The Bertz CT molecular complexity index is 747. The molecule has 0 aliphatic carbocycles. The van der Waals surface area contributed by atoms with Gasteiger partial charge in [-0.1, -0.05) is 12.1 Å². The summed E-state index contributed by atoms with van der Waals surface area (Å²) in [6.07, 6.45) is 0. The van der Waals surface area contributed by atoms with E-state index in [-0.39, 0.29) is 5.69 Å². The topological polar surface area (TPSA) is 37.4 Å². The van der Waals surface area contributed by atoms with E-state index in [1.165, 1.54) is 18.2 Å². The number of anilines is 1. The van der Waals surface area contributed by atoms with Gasteiger partial charge in [0.05, 0.1) is 10.6 Å². The number of rotatable bonds is 3. The lowest BCUT2D eigenvalue weighted by molar-refractivity contribution is 0.504. The van der Waals surface area contributed by atoms with Gasteiger partial charge in [-0.2, -0.15) is 0 Å². The summed E-state index contributed by atoms with van der Waals surface area (Å²) in [6.45, 7) is 0. The molecule has 0 fully saturated rings. The zero-order valence-electron chi connectivity index (χ0n) is 10.3. The molecular formula is C13H10F3NO2S. The zero-order chi connectivity index (χ0) is 14.9. The SMILES string of the molecule is CN(c1ccccc1F)S(=O)(=O)c1ccc(F)c(F)c1. The summed E-state index contributed by atoms with van der Waals surface area (Å²) >= 11 is 0. The van der Waals surface area contributed by atoms with E-state index in [1.54, 1.807) is 0 Å². The minimum absolute atomic E-state index is 0.183. The molecule has 0 aliphatic rings. The third-order valence-electron chi connectivity index (χ3n) is 2.74. The molecule has 20 heavy (non-hydrogen) atoms. The van der Waals surface area contributed by atoms with Crippen LogP contribution in [-0.4, -0.2) is 15.5 Å². The summed E-state index contributed by atoms with van der Waals surface area (Å²) in [5, 5.41) is 0. The third-order valence-corrected chi connectivity index (χ3v) is 4.51. The maximum absolute atomic E-state index is 13.6. The molecule has 0 heterocycles. The summed E-state index contributed by atoms with van der Waals surface area (Å²) in [4.78, 5) is -0.456. The second-order valence-electron chi connectivity index (χ2n) is 4.00. The average Bonchev–Trinajstić information content (AvgIpc) is 2.41. The molecule has 0 spiro atoms. The quantitative estimate of drug-likeness (QED) is 0.874. The highest BCUT2D eigenvalue weighted by atomic mass is 32.2. The van der Waals surface area contributed by atoms with Crippen molar-refractivity contribution >= 4 is 15.7 Å². The van der Waals surface area contributed by atoms with Gasteiger partial charge in [0.25, 0.3) is 10.0 Å². The standard InChI is InChI=1S/C13H10F3NO2S/c1-17(13-5-3-2-4-11(13)15)20(18,19)9-6-7-10(14)12(16)8-9/h2-8H,1H3. The van der Waals surface area contributed by atoms with Crippen molar-refractivity contribution in [3.63, 3.8) is 0 Å². The number of benzene rings is 2. The van der Waals surface area contributed by atoms with Crippen LogP contribution in [0.1, 0.15) is 0 Å². The molecule has 0 aliphatic heterocycles. The predicted octanol–water partition coefficient (Wildman–Crippen LogP) is 2.93. The van der Waals surface area contributed by atoms with Gasteiger partial charge in [-0.05, 0) is 30.3 Å². The van der Waals surface area contributed by atoms with Crippen LogP contribution in [0.4, 0.5) is 18.9 Å². The summed E-state index contributed by atoms with van der Waals surface area (Å²) in [7, 11) is -3.03. The highest BCUT2D eigenvalue weighted by Gasteiger charge is 2.24. The van der Waals surface area contributed by atoms with Gasteiger partial charge in [0.15, 0.2) is 11.6 Å². The van der Waals surface area contributed by atoms with Crippen LogP contribution < -0.4 is 4.31 Å². The van der Waals surface area contributed by atoms with Crippen LogP contribution in [0.15, 0.2) is 47.4 Å². The molecule has 0 N–H and O–H groups in total. The van der Waals surface area contributed by atoms with Crippen LogP contribution in [0.2, 0.25) is 0 Å². The van der Waals surface area contributed by atoms with Crippen molar-refractivity contribution in [3.05, 3.63) is 59.9 Å². The van der Waals surface area contributed by atoms with Gasteiger partial charge < -0.3 is 0 Å². The van der Waals surface area contributed by atoms with Crippen LogP contribution in [0.5, 0.6) is 0 Å². The Balaban J connectivity index is 2.50. The fourth-order valence-corrected chi connectivity index (χ4v) is 2.85. The Kier molecular flexibility index (Phi) is 3.71. The van der Waals surface area contributed by atoms with E-state index in [0.717, 1.165) is 19.2 Å². The summed E-state index contributed by atoms with van der Waals surface area (Å²) < 4.78 is 64.7. The van der Waals surface area contributed by atoms with Crippen molar-refractivity contribution in [1.82, 2.24) is 0 Å². The Labute approximate surface area is 114 Å². The number of hydrogen-bond acceptors (Lipinski definition) is 2. The second kappa shape index (κ2) is 5.16. The van der Waals surface area contributed by atoms with Crippen molar-refractivity contribution < 1.29 is 21.6 Å². The van der Waals surface area contributed by atoms with Crippen molar-refractivity contribution in [1.29, 1.82) is 0 Å². The second-order valence-corrected chi connectivity index (χ2v) is 5.97. The predicted molar refractivity (Wildman–Crippen MR) is 68.3 cm³/mol. The van der Waals surface area contributed by atoms with Gasteiger partial charge in [-0.3, -0.25) is 4.31 Å². The van der Waals surface area contributed by atoms with E-state index in [1.807, 2.05) is 0 Å². The van der Waals surface area contributed by atoms with E-state index in [2.05, 4.69) is 0 Å². The Morgan fingerprint density at radius 3 is 2.15 bits per heavy atom. The zero-order valence-corrected chi connectivity index (χ0v) is 11.2. The highest BCUT2D eigenvalue weighted by Crippen LogP contribution is 2.25. The van der Waals surface area contributed by atoms with Crippen molar-refractivity contribution in [3.8, 4) is 0 Å². The molecule has 0 atom stereocenters. The van der Waals surface area contributed by atoms with Crippen LogP contribution in [0.3, 0.4) is 0 Å². The molecule has 0 saturated carbocycles. The number of hydrogen-bond donors (Lipinski definition) is 0. The number of para-hydroxylation sites is 1. The first-order valence-corrected chi connectivity index (χ1v) is 6.96. The molecule has 0 bridgehead atoms. The first-order chi connectivity index (χ1) is 9.34.